The monoisotopic (exact) mass is 322 g/mol. The summed E-state index contributed by atoms with van der Waals surface area (Å²) in [7, 11) is 0. The maximum atomic E-state index is 4.39. The van der Waals surface area contributed by atoms with Crippen molar-refractivity contribution in [2.45, 2.75) is 13.0 Å². The Kier molecular flexibility index (Phi) is 3.47. The van der Waals surface area contributed by atoms with Crippen molar-refractivity contribution in [2.75, 3.05) is 5.32 Å². The summed E-state index contributed by atoms with van der Waals surface area (Å²) in [5.41, 5.74) is 1.18. The van der Waals surface area contributed by atoms with Gasteiger partial charge in [0, 0.05) is 4.88 Å². The molecule has 1 aromatic carbocycles. The third-order valence-corrected chi connectivity index (χ3v) is 4.68. The van der Waals surface area contributed by atoms with Crippen LogP contribution in [-0.4, -0.2) is 25.1 Å². The maximum absolute atomic E-state index is 4.39. The van der Waals surface area contributed by atoms with Gasteiger partial charge in [-0.2, -0.15) is 5.10 Å². The Balaban J connectivity index is 1.72. The fourth-order valence-corrected chi connectivity index (χ4v) is 3.42. The fourth-order valence-electron chi connectivity index (χ4n) is 2.41. The van der Waals surface area contributed by atoms with Gasteiger partial charge in [0.25, 0.3) is 0 Å². The van der Waals surface area contributed by atoms with Crippen molar-refractivity contribution in [3.63, 3.8) is 0 Å². The van der Waals surface area contributed by atoms with E-state index in [4.69, 9.17) is 0 Å². The number of aromatic amines is 1. The minimum atomic E-state index is -0.0179. The Morgan fingerprint density at radius 2 is 1.96 bits per heavy atom. The van der Waals surface area contributed by atoms with Crippen molar-refractivity contribution >= 4 is 27.4 Å². The molecule has 0 bridgehead atoms. The molecule has 3 aromatic heterocycles. The molecule has 0 aliphatic carbocycles. The molecular formula is C16H14N6S. The predicted octanol–water partition coefficient (Wildman–Crippen LogP) is 3.65. The number of benzene rings is 1. The number of fused-ring (bicyclic) bond motifs is 1. The average molecular weight is 322 g/mol. The Bertz CT molecular complexity index is 916. The molecule has 0 amide bonds. The largest absolute Gasteiger partial charge is 0.360 e. The molecule has 0 aliphatic rings. The lowest BCUT2D eigenvalue weighted by molar-refractivity contribution is 0.791. The predicted molar refractivity (Wildman–Crippen MR) is 91.3 cm³/mol. The van der Waals surface area contributed by atoms with Crippen LogP contribution in [0.3, 0.4) is 0 Å². The van der Waals surface area contributed by atoms with Gasteiger partial charge in [0.1, 0.15) is 29.1 Å². The normalized spacial score (nSPS) is 12.4. The van der Waals surface area contributed by atoms with Crippen molar-refractivity contribution < 1.29 is 0 Å². The van der Waals surface area contributed by atoms with Gasteiger partial charge in [-0.3, -0.25) is 5.10 Å². The summed E-state index contributed by atoms with van der Waals surface area (Å²) in [4.78, 5) is 15.1. The Labute approximate surface area is 136 Å². The van der Waals surface area contributed by atoms with Gasteiger partial charge in [-0.05, 0) is 18.6 Å². The zero-order valence-corrected chi connectivity index (χ0v) is 13.2. The van der Waals surface area contributed by atoms with Crippen LogP contribution in [0.25, 0.3) is 20.7 Å². The van der Waals surface area contributed by atoms with Gasteiger partial charge < -0.3 is 5.32 Å². The molecule has 7 heteroatoms. The molecule has 1 atom stereocenters. The van der Waals surface area contributed by atoms with Gasteiger partial charge in [0.15, 0.2) is 0 Å². The standard InChI is InChI=1S/C16H14N6S/c1-10(14-18-9-20-22-14)21-15-12-7-13(11-5-3-2-4-6-11)23-16(12)19-8-17-15/h2-10H,1H3,(H,17,19,21)(H,18,20,22). The van der Waals surface area contributed by atoms with Gasteiger partial charge >= 0.3 is 0 Å². The van der Waals surface area contributed by atoms with E-state index in [1.165, 1.54) is 16.8 Å². The summed E-state index contributed by atoms with van der Waals surface area (Å²) in [6, 6.07) is 12.4. The van der Waals surface area contributed by atoms with Crippen LogP contribution in [0.5, 0.6) is 0 Å². The van der Waals surface area contributed by atoms with Gasteiger partial charge in [-0.25, -0.2) is 15.0 Å². The zero-order valence-electron chi connectivity index (χ0n) is 12.4. The topological polar surface area (TPSA) is 79.4 Å². The molecule has 2 N–H and O–H groups in total. The highest BCUT2D eigenvalue weighted by molar-refractivity contribution is 7.21. The van der Waals surface area contributed by atoms with Crippen molar-refractivity contribution in [3.8, 4) is 10.4 Å². The molecule has 1 unspecified atom stereocenters. The number of rotatable bonds is 4. The number of anilines is 1. The van der Waals surface area contributed by atoms with E-state index < -0.39 is 0 Å². The molecule has 0 aliphatic heterocycles. The van der Waals surface area contributed by atoms with E-state index in [1.807, 2.05) is 25.1 Å². The lowest BCUT2D eigenvalue weighted by atomic mass is 10.2. The molecular weight excluding hydrogens is 308 g/mol. The third kappa shape index (κ3) is 2.66. The highest BCUT2D eigenvalue weighted by atomic mass is 32.1. The zero-order chi connectivity index (χ0) is 15.6. The summed E-state index contributed by atoms with van der Waals surface area (Å²) in [6.07, 6.45) is 3.09. The number of hydrogen-bond acceptors (Lipinski definition) is 6. The van der Waals surface area contributed by atoms with Crippen LogP contribution in [0.2, 0.25) is 0 Å². The van der Waals surface area contributed by atoms with Gasteiger partial charge in [0.2, 0.25) is 0 Å². The second kappa shape index (κ2) is 5.77. The first-order valence-electron chi connectivity index (χ1n) is 7.23. The molecule has 6 nitrogen and oxygen atoms in total. The summed E-state index contributed by atoms with van der Waals surface area (Å²) in [6.45, 7) is 2.01. The molecule has 0 fully saturated rings. The minimum Gasteiger partial charge on any atom is -0.360 e. The highest BCUT2D eigenvalue weighted by Gasteiger charge is 2.14. The lowest BCUT2D eigenvalue weighted by Crippen LogP contribution is -2.09. The number of hydrogen-bond donors (Lipinski definition) is 2. The van der Waals surface area contributed by atoms with Gasteiger partial charge in [-0.15, -0.1) is 11.3 Å². The molecule has 4 aromatic rings. The van der Waals surface area contributed by atoms with Crippen LogP contribution in [0, 0.1) is 0 Å². The summed E-state index contributed by atoms with van der Waals surface area (Å²) in [5.74, 6) is 1.58. The second-order valence-corrected chi connectivity index (χ2v) is 6.19. The molecule has 0 saturated carbocycles. The van der Waals surface area contributed by atoms with Crippen molar-refractivity contribution in [1.29, 1.82) is 0 Å². The van der Waals surface area contributed by atoms with Gasteiger partial charge in [0.05, 0.1) is 11.4 Å². The van der Waals surface area contributed by atoms with Crippen LogP contribution in [0.4, 0.5) is 5.82 Å². The summed E-state index contributed by atoms with van der Waals surface area (Å²) < 4.78 is 0. The molecule has 0 saturated heterocycles. The molecule has 0 radical (unpaired) electrons. The first kappa shape index (κ1) is 13.8. The SMILES string of the molecule is CC(Nc1ncnc2sc(-c3ccccc3)cc12)c1ncn[nH]1. The molecule has 4 rings (SSSR count). The van der Waals surface area contributed by atoms with E-state index in [0.717, 1.165) is 21.9 Å². The first-order valence-corrected chi connectivity index (χ1v) is 8.04. The van der Waals surface area contributed by atoms with Gasteiger partial charge in [-0.1, -0.05) is 30.3 Å². The summed E-state index contributed by atoms with van der Waals surface area (Å²) >= 11 is 1.66. The number of thiophene rings is 1. The number of H-pyrrole nitrogens is 1. The van der Waals surface area contributed by atoms with E-state index in [1.54, 1.807) is 17.7 Å². The van der Waals surface area contributed by atoms with Crippen LogP contribution in [0.15, 0.2) is 49.1 Å². The molecule has 114 valence electrons. The fraction of sp³-hybridized carbons (Fsp3) is 0.125. The Morgan fingerprint density at radius 3 is 2.74 bits per heavy atom. The van der Waals surface area contributed by atoms with Crippen molar-refractivity contribution in [3.05, 3.63) is 54.9 Å². The van der Waals surface area contributed by atoms with E-state index in [2.05, 4.69) is 48.7 Å². The Hall–Kier alpha value is -2.80. The van der Waals surface area contributed by atoms with Crippen LogP contribution in [0.1, 0.15) is 18.8 Å². The minimum absolute atomic E-state index is 0.0179. The van der Waals surface area contributed by atoms with Crippen molar-refractivity contribution in [2.24, 2.45) is 0 Å². The highest BCUT2D eigenvalue weighted by Crippen LogP contribution is 2.35. The first-order chi connectivity index (χ1) is 11.3. The number of nitrogens with zero attached hydrogens (tertiary/aromatic N) is 4. The van der Waals surface area contributed by atoms with Crippen molar-refractivity contribution in [1.82, 2.24) is 25.1 Å². The lowest BCUT2D eigenvalue weighted by Gasteiger charge is -2.11. The number of nitrogens with one attached hydrogen (secondary N) is 2. The maximum Gasteiger partial charge on any atom is 0.146 e. The average Bonchev–Trinajstić information content (AvgIpc) is 3.26. The second-order valence-electron chi connectivity index (χ2n) is 5.15. The summed E-state index contributed by atoms with van der Waals surface area (Å²) in [5, 5.41) is 11.1. The molecule has 23 heavy (non-hydrogen) atoms. The van der Waals surface area contributed by atoms with E-state index in [-0.39, 0.29) is 6.04 Å². The van der Waals surface area contributed by atoms with E-state index in [0.29, 0.717) is 0 Å². The number of aromatic nitrogens is 5. The Morgan fingerprint density at radius 1 is 1.09 bits per heavy atom. The quantitative estimate of drug-likeness (QED) is 0.599. The van der Waals surface area contributed by atoms with Crippen LogP contribution < -0.4 is 5.32 Å². The van der Waals surface area contributed by atoms with Crippen LogP contribution >= 0.6 is 11.3 Å². The molecule has 0 spiro atoms. The van der Waals surface area contributed by atoms with E-state index in [9.17, 15) is 0 Å². The third-order valence-electron chi connectivity index (χ3n) is 3.58. The van der Waals surface area contributed by atoms with Crippen LogP contribution in [-0.2, 0) is 0 Å². The molecule has 3 heterocycles. The van der Waals surface area contributed by atoms with E-state index >= 15 is 0 Å². The smallest absolute Gasteiger partial charge is 0.146 e.